The topological polar surface area (TPSA) is 36.4 Å². The first-order chi connectivity index (χ1) is 7.71. The molecular weight excluding hydrogens is 212 g/mol. The van der Waals surface area contributed by atoms with Gasteiger partial charge >= 0.3 is 0 Å². The zero-order chi connectivity index (χ0) is 13.2. The molecular formula is C14H24N2O. The number of aromatic nitrogens is 1. The third kappa shape index (κ3) is 3.70. The Kier molecular flexibility index (Phi) is 4.15. The van der Waals surface area contributed by atoms with Crippen molar-refractivity contribution in [3.05, 3.63) is 23.5 Å². The number of hydrogen-bond donors (Lipinski definition) is 1. The first kappa shape index (κ1) is 14.0. The number of pyridine rings is 1. The third-order valence-corrected chi connectivity index (χ3v) is 3.40. The quantitative estimate of drug-likeness (QED) is 0.876. The molecule has 1 N–H and O–H groups in total. The monoisotopic (exact) mass is 236 g/mol. The van der Waals surface area contributed by atoms with E-state index >= 15 is 0 Å². The molecule has 1 atom stereocenters. The Morgan fingerprint density at radius 1 is 1.35 bits per heavy atom. The number of rotatable bonds is 3. The maximum atomic E-state index is 9.78. The molecule has 1 unspecified atom stereocenters. The lowest BCUT2D eigenvalue weighted by atomic mass is 9.87. The fourth-order valence-electron chi connectivity index (χ4n) is 1.75. The molecule has 0 aliphatic heterocycles. The van der Waals surface area contributed by atoms with Gasteiger partial charge in [0.25, 0.3) is 0 Å². The highest BCUT2D eigenvalue weighted by molar-refractivity contribution is 5.27. The van der Waals surface area contributed by atoms with Gasteiger partial charge in [-0.2, -0.15) is 0 Å². The van der Waals surface area contributed by atoms with Crippen molar-refractivity contribution in [3.8, 4) is 5.75 Å². The molecule has 0 aliphatic carbocycles. The lowest BCUT2D eigenvalue weighted by molar-refractivity contribution is 0.132. The average molecular weight is 236 g/mol. The van der Waals surface area contributed by atoms with Crippen LogP contribution in [0.5, 0.6) is 5.75 Å². The maximum Gasteiger partial charge on any atom is 0.138 e. The second-order valence-electron chi connectivity index (χ2n) is 5.88. The highest BCUT2D eigenvalue weighted by Gasteiger charge is 2.24. The minimum Gasteiger partial charge on any atom is -0.506 e. The standard InChI is InChI=1S/C14H24N2O/c1-10-7-8-13(17)12(15-10)9-16(6)11(2)14(3,4)5/h7-8,11,17H,9H2,1-6H3. The molecule has 1 aromatic heterocycles. The third-order valence-electron chi connectivity index (χ3n) is 3.40. The summed E-state index contributed by atoms with van der Waals surface area (Å²) in [7, 11) is 2.07. The van der Waals surface area contributed by atoms with Crippen molar-refractivity contribution in [2.75, 3.05) is 7.05 Å². The molecule has 0 saturated heterocycles. The molecule has 1 rings (SSSR count). The molecule has 96 valence electrons. The normalized spacial score (nSPS) is 14.1. The van der Waals surface area contributed by atoms with E-state index in [9.17, 15) is 5.11 Å². The van der Waals surface area contributed by atoms with Crippen LogP contribution in [0.4, 0.5) is 0 Å². The lowest BCUT2D eigenvalue weighted by Crippen LogP contribution is -2.39. The van der Waals surface area contributed by atoms with Gasteiger partial charge in [0.2, 0.25) is 0 Å². The maximum absolute atomic E-state index is 9.78. The van der Waals surface area contributed by atoms with Crippen molar-refractivity contribution < 1.29 is 5.11 Å². The Bertz CT molecular complexity index is 382. The van der Waals surface area contributed by atoms with Gasteiger partial charge < -0.3 is 5.11 Å². The van der Waals surface area contributed by atoms with Crippen molar-refractivity contribution in [3.63, 3.8) is 0 Å². The van der Waals surface area contributed by atoms with Crippen LogP contribution in [0.2, 0.25) is 0 Å². The van der Waals surface area contributed by atoms with E-state index in [1.807, 2.05) is 13.0 Å². The summed E-state index contributed by atoms with van der Waals surface area (Å²) in [5.41, 5.74) is 1.91. The van der Waals surface area contributed by atoms with Crippen LogP contribution >= 0.6 is 0 Å². The van der Waals surface area contributed by atoms with Gasteiger partial charge in [0, 0.05) is 18.3 Å². The van der Waals surface area contributed by atoms with Gasteiger partial charge in [-0.3, -0.25) is 9.88 Å². The molecule has 3 heteroatoms. The van der Waals surface area contributed by atoms with E-state index < -0.39 is 0 Å². The van der Waals surface area contributed by atoms with Gasteiger partial charge in [0.15, 0.2) is 0 Å². The number of hydrogen-bond acceptors (Lipinski definition) is 3. The second kappa shape index (κ2) is 5.05. The molecule has 0 amide bonds. The summed E-state index contributed by atoms with van der Waals surface area (Å²) in [6.07, 6.45) is 0. The minimum absolute atomic E-state index is 0.216. The Balaban J connectivity index is 2.81. The van der Waals surface area contributed by atoms with E-state index in [2.05, 4.69) is 44.6 Å². The van der Waals surface area contributed by atoms with Crippen molar-refractivity contribution in [1.82, 2.24) is 9.88 Å². The van der Waals surface area contributed by atoms with Gasteiger partial charge in [-0.15, -0.1) is 0 Å². The molecule has 0 radical (unpaired) electrons. The fourth-order valence-corrected chi connectivity index (χ4v) is 1.75. The lowest BCUT2D eigenvalue weighted by Gasteiger charge is -2.35. The summed E-state index contributed by atoms with van der Waals surface area (Å²) in [5.74, 6) is 0.281. The van der Waals surface area contributed by atoms with E-state index in [-0.39, 0.29) is 11.2 Å². The van der Waals surface area contributed by atoms with E-state index in [4.69, 9.17) is 0 Å². The highest BCUT2D eigenvalue weighted by Crippen LogP contribution is 2.25. The Morgan fingerprint density at radius 2 is 1.94 bits per heavy atom. The van der Waals surface area contributed by atoms with Crippen molar-refractivity contribution >= 4 is 0 Å². The molecule has 0 aliphatic rings. The average Bonchev–Trinajstić information content (AvgIpc) is 2.21. The van der Waals surface area contributed by atoms with E-state index in [1.54, 1.807) is 6.07 Å². The summed E-state index contributed by atoms with van der Waals surface area (Å²) in [6.45, 7) is 11.5. The molecule has 17 heavy (non-hydrogen) atoms. The largest absolute Gasteiger partial charge is 0.506 e. The predicted molar refractivity (Wildman–Crippen MR) is 71.0 cm³/mol. The number of nitrogens with zero attached hydrogens (tertiary/aromatic N) is 2. The molecule has 1 aromatic rings. The van der Waals surface area contributed by atoms with Gasteiger partial charge in [0.1, 0.15) is 5.75 Å². The molecule has 1 heterocycles. The zero-order valence-electron chi connectivity index (χ0n) is 11.8. The van der Waals surface area contributed by atoms with Crippen LogP contribution in [0.3, 0.4) is 0 Å². The van der Waals surface area contributed by atoms with Crippen molar-refractivity contribution in [2.24, 2.45) is 5.41 Å². The Morgan fingerprint density at radius 3 is 2.47 bits per heavy atom. The van der Waals surface area contributed by atoms with Crippen LogP contribution in [0, 0.1) is 12.3 Å². The summed E-state index contributed by atoms with van der Waals surface area (Å²) in [6, 6.07) is 3.96. The molecule has 3 nitrogen and oxygen atoms in total. The number of aryl methyl sites for hydroxylation is 1. The molecule has 0 aromatic carbocycles. The van der Waals surface area contributed by atoms with Crippen LogP contribution in [-0.4, -0.2) is 28.1 Å². The van der Waals surface area contributed by atoms with Crippen LogP contribution in [0.25, 0.3) is 0 Å². The van der Waals surface area contributed by atoms with Crippen molar-refractivity contribution in [2.45, 2.75) is 47.2 Å². The molecule has 0 saturated carbocycles. The fraction of sp³-hybridized carbons (Fsp3) is 0.643. The molecule has 0 fully saturated rings. The predicted octanol–water partition coefficient (Wildman–Crippen LogP) is 2.96. The Hall–Kier alpha value is -1.09. The van der Waals surface area contributed by atoms with Crippen molar-refractivity contribution in [1.29, 1.82) is 0 Å². The van der Waals surface area contributed by atoms with Gasteiger partial charge in [0.05, 0.1) is 5.69 Å². The van der Waals surface area contributed by atoms with Crippen LogP contribution in [-0.2, 0) is 6.54 Å². The molecule has 0 bridgehead atoms. The van der Waals surface area contributed by atoms with Gasteiger partial charge in [-0.25, -0.2) is 0 Å². The zero-order valence-corrected chi connectivity index (χ0v) is 11.8. The number of aromatic hydroxyl groups is 1. The first-order valence-corrected chi connectivity index (χ1v) is 6.07. The SMILES string of the molecule is Cc1ccc(O)c(CN(C)C(C)C(C)(C)C)n1. The van der Waals surface area contributed by atoms with Crippen LogP contribution in [0.15, 0.2) is 12.1 Å². The second-order valence-corrected chi connectivity index (χ2v) is 5.88. The van der Waals surface area contributed by atoms with E-state index in [0.717, 1.165) is 11.4 Å². The van der Waals surface area contributed by atoms with E-state index in [1.165, 1.54) is 0 Å². The smallest absolute Gasteiger partial charge is 0.138 e. The van der Waals surface area contributed by atoms with Crippen LogP contribution in [0.1, 0.15) is 39.1 Å². The van der Waals surface area contributed by atoms with Gasteiger partial charge in [-0.05, 0) is 38.4 Å². The molecule has 0 spiro atoms. The minimum atomic E-state index is 0.216. The summed E-state index contributed by atoms with van der Waals surface area (Å²) >= 11 is 0. The highest BCUT2D eigenvalue weighted by atomic mass is 16.3. The summed E-state index contributed by atoms with van der Waals surface area (Å²) < 4.78 is 0. The Labute approximate surface area is 104 Å². The van der Waals surface area contributed by atoms with Crippen LogP contribution < -0.4 is 0 Å². The van der Waals surface area contributed by atoms with Gasteiger partial charge in [-0.1, -0.05) is 20.8 Å². The van der Waals surface area contributed by atoms with E-state index in [0.29, 0.717) is 12.6 Å². The summed E-state index contributed by atoms with van der Waals surface area (Å²) in [4.78, 5) is 6.61. The first-order valence-electron chi connectivity index (χ1n) is 6.07. The summed E-state index contributed by atoms with van der Waals surface area (Å²) in [5, 5.41) is 9.78.